The zero-order valence-corrected chi connectivity index (χ0v) is 12.4. The summed E-state index contributed by atoms with van der Waals surface area (Å²) in [6.45, 7) is 1.93. The maximum Gasteiger partial charge on any atom is 0.137 e. The molecule has 1 aliphatic rings. The van der Waals surface area contributed by atoms with Gasteiger partial charge in [-0.15, -0.1) is 0 Å². The van der Waals surface area contributed by atoms with Crippen molar-refractivity contribution in [3.05, 3.63) is 51.5 Å². The van der Waals surface area contributed by atoms with Crippen molar-refractivity contribution < 1.29 is 4.39 Å². The van der Waals surface area contributed by atoms with Crippen LogP contribution in [-0.2, 0) is 6.42 Å². The maximum atomic E-state index is 13.5. The Morgan fingerprint density at radius 3 is 3.00 bits per heavy atom. The quantitative estimate of drug-likeness (QED) is 0.844. The molecule has 0 radical (unpaired) electrons. The Kier molecular flexibility index (Phi) is 3.23. The highest BCUT2D eigenvalue weighted by atomic mass is 79.9. The number of halogens is 2. The van der Waals surface area contributed by atoms with Gasteiger partial charge in [0.25, 0.3) is 0 Å². The van der Waals surface area contributed by atoms with Crippen LogP contribution in [0.1, 0.15) is 35.7 Å². The van der Waals surface area contributed by atoms with Crippen LogP contribution in [0.3, 0.4) is 0 Å². The Morgan fingerprint density at radius 2 is 2.21 bits per heavy atom. The molecule has 0 saturated carbocycles. The molecule has 1 heterocycles. The number of aryl methyl sites for hydroxylation is 1. The van der Waals surface area contributed by atoms with Crippen LogP contribution in [-0.4, -0.2) is 4.57 Å². The average molecular weight is 323 g/mol. The molecule has 0 amide bonds. The second-order valence-corrected chi connectivity index (χ2v) is 5.99. The lowest BCUT2D eigenvalue weighted by Crippen LogP contribution is -2.18. The van der Waals surface area contributed by atoms with E-state index in [9.17, 15) is 4.39 Å². The summed E-state index contributed by atoms with van der Waals surface area (Å²) in [7, 11) is 0. The molecule has 0 saturated heterocycles. The van der Waals surface area contributed by atoms with Gasteiger partial charge in [-0.1, -0.05) is 0 Å². The number of hydrogen-bond acceptors (Lipinski definition) is 1. The van der Waals surface area contributed by atoms with Crippen molar-refractivity contribution in [3.63, 3.8) is 0 Å². The minimum atomic E-state index is -0.223. The molecule has 4 heteroatoms. The van der Waals surface area contributed by atoms with Gasteiger partial charge in [0.15, 0.2) is 0 Å². The summed E-state index contributed by atoms with van der Waals surface area (Å²) in [6, 6.07) is 5.63. The first-order chi connectivity index (χ1) is 9.08. The number of rotatable bonds is 1. The minimum Gasteiger partial charge on any atom is -0.324 e. The molecule has 1 aromatic heterocycles. The molecule has 2 N–H and O–H groups in total. The van der Waals surface area contributed by atoms with Gasteiger partial charge in [0, 0.05) is 23.6 Å². The van der Waals surface area contributed by atoms with E-state index in [1.807, 2.05) is 19.2 Å². The second kappa shape index (κ2) is 4.76. The summed E-state index contributed by atoms with van der Waals surface area (Å²) in [4.78, 5) is 0. The zero-order valence-electron chi connectivity index (χ0n) is 10.8. The summed E-state index contributed by atoms with van der Waals surface area (Å²) in [5.74, 6) is -0.223. The molecule has 1 atom stereocenters. The van der Waals surface area contributed by atoms with Gasteiger partial charge in [0.2, 0.25) is 0 Å². The SMILES string of the molecule is Cc1cc(F)c(Br)cc1-n1ccc2c1CCCC2N. The number of aromatic nitrogens is 1. The van der Waals surface area contributed by atoms with Crippen molar-refractivity contribution in [2.45, 2.75) is 32.2 Å². The summed E-state index contributed by atoms with van der Waals surface area (Å²) in [6.07, 6.45) is 5.23. The van der Waals surface area contributed by atoms with E-state index in [-0.39, 0.29) is 11.9 Å². The van der Waals surface area contributed by atoms with Crippen molar-refractivity contribution in [2.75, 3.05) is 0 Å². The van der Waals surface area contributed by atoms with E-state index in [0.717, 1.165) is 30.5 Å². The van der Waals surface area contributed by atoms with Crippen molar-refractivity contribution >= 4 is 15.9 Å². The maximum absolute atomic E-state index is 13.5. The van der Waals surface area contributed by atoms with Crippen LogP contribution in [0.5, 0.6) is 0 Å². The van der Waals surface area contributed by atoms with Crippen LogP contribution < -0.4 is 5.73 Å². The number of hydrogen-bond donors (Lipinski definition) is 1. The van der Waals surface area contributed by atoms with Crippen LogP contribution in [0.25, 0.3) is 5.69 Å². The van der Waals surface area contributed by atoms with Crippen LogP contribution in [0.4, 0.5) is 4.39 Å². The first-order valence-electron chi connectivity index (χ1n) is 6.49. The Bertz CT molecular complexity index is 633. The summed E-state index contributed by atoms with van der Waals surface area (Å²) >= 11 is 3.26. The van der Waals surface area contributed by atoms with Crippen molar-refractivity contribution in [3.8, 4) is 5.69 Å². The van der Waals surface area contributed by atoms with Gasteiger partial charge in [0.1, 0.15) is 5.82 Å². The normalized spacial score (nSPS) is 18.4. The predicted octanol–water partition coefficient (Wildman–Crippen LogP) is 4.02. The number of nitrogens with two attached hydrogens (primary N) is 1. The van der Waals surface area contributed by atoms with E-state index in [1.54, 1.807) is 6.07 Å². The van der Waals surface area contributed by atoms with E-state index >= 15 is 0 Å². The lowest BCUT2D eigenvalue weighted by molar-refractivity contribution is 0.560. The van der Waals surface area contributed by atoms with Crippen LogP contribution >= 0.6 is 15.9 Å². The average Bonchev–Trinajstić information content (AvgIpc) is 2.79. The Balaban J connectivity index is 2.16. The third-order valence-corrected chi connectivity index (χ3v) is 4.46. The fourth-order valence-corrected chi connectivity index (χ4v) is 3.18. The van der Waals surface area contributed by atoms with E-state index in [2.05, 4.69) is 26.6 Å². The molecular formula is C15H16BrFN2. The highest BCUT2D eigenvalue weighted by Crippen LogP contribution is 2.32. The standard InChI is InChI=1S/C15H16BrFN2/c1-9-7-12(17)11(16)8-15(9)19-6-5-10-13(18)3-2-4-14(10)19/h5-8,13H,2-4,18H2,1H3. The fraction of sp³-hybridized carbons (Fsp3) is 0.333. The smallest absolute Gasteiger partial charge is 0.137 e. The molecule has 1 aromatic carbocycles. The van der Waals surface area contributed by atoms with Gasteiger partial charge < -0.3 is 10.3 Å². The Hall–Kier alpha value is -1.13. The first-order valence-corrected chi connectivity index (χ1v) is 7.29. The lowest BCUT2D eigenvalue weighted by Gasteiger charge is -2.21. The molecule has 3 rings (SSSR count). The molecular weight excluding hydrogens is 307 g/mol. The zero-order chi connectivity index (χ0) is 13.6. The molecule has 100 valence electrons. The summed E-state index contributed by atoms with van der Waals surface area (Å²) in [5, 5.41) is 0. The summed E-state index contributed by atoms with van der Waals surface area (Å²) < 4.78 is 16.2. The molecule has 2 nitrogen and oxygen atoms in total. The van der Waals surface area contributed by atoms with E-state index in [1.165, 1.54) is 11.3 Å². The molecule has 0 bridgehead atoms. The van der Waals surface area contributed by atoms with Gasteiger partial charge in [-0.05, 0) is 71.4 Å². The van der Waals surface area contributed by atoms with E-state index < -0.39 is 0 Å². The van der Waals surface area contributed by atoms with Crippen LogP contribution in [0.2, 0.25) is 0 Å². The van der Waals surface area contributed by atoms with E-state index in [4.69, 9.17) is 5.73 Å². The molecule has 2 aromatic rings. The lowest BCUT2D eigenvalue weighted by atomic mass is 9.93. The van der Waals surface area contributed by atoms with Crippen LogP contribution in [0, 0.1) is 12.7 Å². The van der Waals surface area contributed by atoms with E-state index in [0.29, 0.717) is 4.47 Å². The number of benzene rings is 1. The van der Waals surface area contributed by atoms with Gasteiger partial charge in [-0.2, -0.15) is 0 Å². The van der Waals surface area contributed by atoms with Gasteiger partial charge in [-0.3, -0.25) is 0 Å². The predicted molar refractivity (Wildman–Crippen MR) is 78.0 cm³/mol. The van der Waals surface area contributed by atoms with Gasteiger partial charge >= 0.3 is 0 Å². The van der Waals surface area contributed by atoms with Crippen LogP contribution in [0.15, 0.2) is 28.9 Å². The Labute approximate surface area is 120 Å². The fourth-order valence-electron chi connectivity index (χ4n) is 2.85. The van der Waals surface area contributed by atoms with Crippen molar-refractivity contribution in [1.29, 1.82) is 0 Å². The third kappa shape index (κ3) is 2.13. The van der Waals surface area contributed by atoms with Gasteiger partial charge in [-0.25, -0.2) is 4.39 Å². The molecule has 19 heavy (non-hydrogen) atoms. The monoisotopic (exact) mass is 322 g/mol. The van der Waals surface area contributed by atoms with Gasteiger partial charge in [0.05, 0.1) is 4.47 Å². The Morgan fingerprint density at radius 1 is 1.42 bits per heavy atom. The first kappa shape index (κ1) is 12.9. The third-order valence-electron chi connectivity index (χ3n) is 3.85. The highest BCUT2D eigenvalue weighted by Gasteiger charge is 2.21. The largest absolute Gasteiger partial charge is 0.324 e. The molecule has 1 unspecified atom stereocenters. The highest BCUT2D eigenvalue weighted by molar-refractivity contribution is 9.10. The minimum absolute atomic E-state index is 0.134. The molecule has 0 fully saturated rings. The number of fused-ring (bicyclic) bond motifs is 1. The van der Waals surface area contributed by atoms with Crippen molar-refractivity contribution in [2.24, 2.45) is 5.73 Å². The molecule has 1 aliphatic carbocycles. The second-order valence-electron chi connectivity index (χ2n) is 5.14. The van der Waals surface area contributed by atoms with Crippen molar-refractivity contribution in [1.82, 2.24) is 4.57 Å². The topological polar surface area (TPSA) is 30.9 Å². The molecule has 0 aliphatic heterocycles. The summed E-state index contributed by atoms with van der Waals surface area (Å²) in [5.41, 5.74) is 10.6. The molecule has 0 spiro atoms. The number of nitrogens with zero attached hydrogens (tertiary/aromatic N) is 1.